The fourth-order valence-electron chi connectivity index (χ4n) is 2.22. The molecular formula is C19H14Cl2N2O. The average molecular weight is 357 g/mol. The summed E-state index contributed by atoms with van der Waals surface area (Å²) in [6.45, 7) is 0.294. The number of benzene rings is 2. The van der Waals surface area contributed by atoms with Gasteiger partial charge in [-0.2, -0.15) is 5.10 Å². The highest BCUT2D eigenvalue weighted by molar-refractivity contribution is 6.35. The molecule has 0 bridgehead atoms. The maximum Gasteiger partial charge on any atom is 0.267 e. The maximum atomic E-state index is 12.0. The van der Waals surface area contributed by atoms with Crippen LogP contribution in [0.2, 0.25) is 10.0 Å². The van der Waals surface area contributed by atoms with Crippen molar-refractivity contribution in [2.24, 2.45) is 0 Å². The topological polar surface area (TPSA) is 34.9 Å². The lowest BCUT2D eigenvalue weighted by atomic mass is 10.2. The van der Waals surface area contributed by atoms with Crippen LogP contribution in [0, 0.1) is 0 Å². The van der Waals surface area contributed by atoms with Crippen LogP contribution in [0.25, 0.3) is 12.2 Å². The molecule has 0 saturated carbocycles. The van der Waals surface area contributed by atoms with Gasteiger partial charge < -0.3 is 0 Å². The number of nitrogens with zero attached hydrogens (tertiary/aromatic N) is 2. The summed E-state index contributed by atoms with van der Waals surface area (Å²) in [6.07, 6.45) is 3.82. The Morgan fingerprint density at radius 3 is 2.50 bits per heavy atom. The molecule has 0 amide bonds. The number of aromatic nitrogens is 2. The fourth-order valence-corrected chi connectivity index (χ4v) is 2.69. The van der Waals surface area contributed by atoms with Crippen LogP contribution in [-0.4, -0.2) is 9.78 Å². The van der Waals surface area contributed by atoms with Gasteiger partial charge in [0.2, 0.25) is 0 Å². The standard InChI is InChI=1S/C19H14Cl2N2O/c20-16-8-7-15(18(21)12-16)13-23-19(24)11-10-17(22-23)9-6-14-4-2-1-3-5-14/h1-12H,13H2. The molecule has 1 heterocycles. The molecule has 1 aromatic heterocycles. The van der Waals surface area contributed by atoms with E-state index in [1.54, 1.807) is 24.3 Å². The largest absolute Gasteiger partial charge is 0.268 e. The number of hydrogen-bond donors (Lipinski definition) is 0. The van der Waals surface area contributed by atoms with Crippen molar-refractivity contribution >= 4 is 35.4 Å². The fraction of sp³-hybridized carbons (Fsp3) is 0.0526. The maximum absolute atomic E-state index is 12.0. The summed E-state index contributed by atoms with van der Waals surface area (Å²) in [7, 11) is 0. The summed E-state index contributed by atoms with van der Waals surface area (Å²) in [5, 5.41) is 5.45. The second-order valence-corrected chi connectivity index (χ2v) is 6.08. The van der Waals surface area contributed by atoms with Crippen LogP contribution in [0.4, 0.5) is 0 Å². The highest BCUT2D eigenvalue weighted by Gasteiger charge is 2.05. The average Bonchev–Trinajstić information content (AvgIpc) is 2.59. The minimum Gasteiger partial charge on any atom is -0.268 e. The van der Waals surface area contributed by atoms with Crippen molar-refractivity contribution in [3.05, 3.63) is 97.9 Å². The molecule has 0 spiro atoms. The van der Waals surface area contributed by atoms with Crippen LogP contribution in [0.5, 0.6) is 0 Å². The van der Waals surface area contributed by atoms with Crippen molar-refractivity contribution in [1.29, 1.82) is 0 Å². The third-order valence-electron chi connectivity index (χ3n) is 3.47. The first-order valence-corrected chi connectivity index (χ1v) is 8.13. The molecule has 0 atom stereocenters. The first-order chi connectivity index (χ1) is 11.6. The van der Waals surface area contributed by atoms with E-state index in [0.29, 0.717) is 22.3 Å². The van der Waals surface area contributed by atoms with Crippen LogP contribution in [0.1, 0.15) is 16.8 Å². The van der Waals surface area contributed by atoms with Gasteiger partial charge >= 0.3 is 0 Å². The van der Waals surface area contributed by atoms with Crippen LogP contribution in [0.3, 0.4) is 0 Å². The summed E-state index contributed by atoms with van der Waals surface area (Å²) in [5.74, 6) is 0. The summed E-state index contributed by atoms with van der Waals surface area (Å²) in [6, 6.07) is 18.3. The molecule has 2 aromatic carbocycles. The van der Waals surface area contributed by atoms with E-state index >= 15 is 0 Å². The predicted molar refractivity (Wildman–Crippen MR) is 99.4 cm³/mol. The monoisotopic (exact) mass is 356 g/mol. The summed E-state index contributed by atoms with van der Waals surface area (Å²) in [4.78, 5) is 12.0. The van der Waals surface area contributed by atoms with Crippen LogP contribution < -0.4 is 5.56 Å². The van der Waals surface area contributed by atoms with Crippen molar-refractivity contribution in [1.82, 2.24) is 9.78 Å². The second kappa shape index (κ2) is 7.47. The Balaban J connectivity index is 1.86. The van der Waals surface area contributed by atoms with Gasteiger partial charge in [-0.05, 0) is 35.4 Å². The normalized spacial score (nSPS) is 11.1. The molecule has 0 saturated heterocycles. The van der Waals surface area contributed by atoms with E-state index < -0.39 is 0 Å². The zero-order valence-electron chi connectivity index (χ0n) is 12.7. The van der Waals surface area contributed by atoms with E-state index in [1.165, 1.54) is 10.7 Å². The molecule has 0 radical (unpaired) electrons. The zero-order chi connectivity index (χ0) is 16.9. The molecule has 24 heavy (non-hydrogen) atoms. The first kappa shape index (κ1) is 16.5. The van der Waals surface area contributed by atoms with Gasteiger partial charge in [-0.15, -0.1) is 0 Å². The summed E-state index contributed by atoms with van der Waals surface area (Å²) in [5.41, 5.74) is 2.37. The van der Waals surface area contributed by atoms with Gasteiger partial charge in [-0.25, -0.2) is 4.68 Å². The third kappa shape index (κ3) is 4.13. The predicted octanol–water partition coefficient (Wildman–Crippen LogP) is 4.77. The smallest absolute Gasteiger partial charge is 0.267 e. The van der Waals surface area contributed by atoms with Gasteiger partial charge in [0.15, 0.2) is 0 Å². The van der Waals surface area contributed by atoms with E-state index in [-0.39, 0.29) is 5.56 Å². The Bertz CT molecular complexity index is 934. The Kier molecular flexibility index (Phi) is 5.14. The van der Waals surface area contributed by atoms with E-state index in [1.807, 2.05) is 42.5 Å². The van der Waals surface area contributed by atoms with E-state index in [4.69, 9.17) is 23.2 Å². The molecule has 0 N–H and O–H groups in total. The SMILES string of the molecule is O=c1ccc(C=Cc2ccccc2)nn1Cc1ccc(Cl)cc1Cl. The van der Waals surface area contributed by atoms with Crippen molar-refractivity contribution in [3.8, 4) is 0 Å². The van der Waals surface area contributed by atoms with E-state index in [0.717, 1.165) is 11.1 Å². The molecule has 3 nitrogen and oxygen atoms in total. The number of rotatable bonds is 4. The molecule has 3 aromatic rings. The van der Waals surface area contributed by atoms with Crippen molar-refractivity contribution in [2.45, 2.75) is 6.54 Å². The van der Waals surface area contributed by atoms with E-state index in [2.05, 4.69) is 5.10 Å². The lowest BCUT2D eigenvalue weighted by Crippen LogP contribution is -2.23. The highest BCUT2D eigenvalue weighted by atomic mass is 35.5. The van der Waals surface area contributed by atoms with Gasteiger partial charge in [0, 0.05) is 16.1 Å². The summed E-state index contributed by atoms with van der Waals surface area (Å²) < 4.78 is 1.39. The van der Waals surface area contributed by atoms with Crippen LogP contribution in [-0.2, 0) is 6.54 Å². The molecule has 3 rings (SSSR count). The summed E-state index contributed by atoms with van der Waals surface area (Å²) >= 11 is 12.1. The molecule has 0 unspecified atom stereocenters. The van der Waals surface area contributed by atoms with E-state index in [9.17, 15) is 4.79 Å². The first-order valence-electron chi connectivity index (χ1n) is 7.37. The minimum atomic E-state index is -0.183. The van der Waals surface area contributed by atoms with Crippen molar-refractivity contribution < 1.29 is 0 Å². The van der Waals surface area contributed by atoms with Crippen LogP contribution in [0.15, 0.2) is 65.5 Å². The Morgan fingerprint density at radius 1 is 0.958 bits per heavy atom. The molecule has 0 aliphatic rings. The highest BCUT2D eigenvalue weighted by Crippen LogP contribution is 2.21. The third-order valence-corrected chi connectivity index (χ3v) is 4.06. The molecule has 0 aliphatic heterocycles. The van der Waals surface area contributed by atoms with Crippen molar-refractivity contribution in [3.63, 3.8) is 0 Å². The quantitative estimate of drug-likeness (QED) is 0.674. The van der Waals surface area contributed by atoms with Gasteiger partial charge in [-0.3, -0.25) is 4.79 Å². The molecule has 0 aliphatic carbocycles. The Morgan fingerprint density at radius 2 is 1.75 bits per heavy atom. The van der Waals surface area contributed by atoms with Gasteiger partial charge in [0.1, 0.15) is 0 Å². The second-order valence-electron chi connectivity index (χ2n) is 5.23. The minimum absolute atomic E-state index is 0.183. The number of halogens is 2. The van der Waals surface area contributed by atoms with Gasteiger partial charge in [0.05, 0.1) is 12.2 Å². The Hall–Kier alpha value is -2.36. The molecular weight excluding hydrogens is 343 g/mol. The van der Waals surface area contributed by atoms with Gasteiger partial charge in [-0.1, -0.05) is 65.7 Å². The Labute approximate surface area is 149 Å². The molecule has 5 heteroatoms. The number of hydrogen-bond acceptors (Lipinski definition) is 2. The lowest BCUT2D eigenvalue weighted by molar-refractivity contribution is 0.636. The van der Waals surface area contributed by atoms with Gasteiger partial charge in [0.25, 0.3) is 5.56 Å². The van der Waals surface area contributed by atoms with Crippen molar-refractivity contribution in [2.75, 3.05) is 0 Å². The van der Waals surface area contributed by atoms with Crippen LogP contribution >= 0.6 is 23.2 Å². The molecule has 0 fully saturated rings. The molecule has 120 valence electrons. The lowest BCUT2D eigenvalue weighted by Gasteiger charge is -2.07. The zero-order valence-corrected chi connectivity index (χ0v) is 14.2.